The number of nitrogens with one attached hydrogen (secondary N) is 1. The van der Waals surface area contributed by atoms with E-state index in [9.17, 15) is 0 Å². The maximum absolute atomic E-state index is 6.30. The Hall–Kier alpha value is -0.610. The van der Waals surface area contributed by atoms with Gasteiger partial charge in [-0.25, -0.2) is 0 Å². The molecule has 0 radical (unpaired) electrons. The van der Waals surface area contributed by atoms with Gasteiger partial charge in [-0.3, -0.25) is 4.98 Å². The van der Waals surface area contributed by atoms with Gasteiger partial charge in [0, 0.05) is 28.5 Å². The smallest absolute Gasteiger partial charge is 0.139 e. The maximum Gasteiger partial charge on any atom is 0.139 e. The highest BCUT2D eigenvalue weighted by molar-refractivity contribution is 9.10. The highest BCUT2D eigenvalue weighted by Gasteiger charge is 2.56. The highest BCUT2D eigenvalue weighted by Crippen LogP contribution is 2.53. The summed E-state index contributed by atoms with van der Waals surface area (Å²) >= 11 is 3.47. The third-order valence-electron chi connectivity index (χ3n) is 5.17. The molecule has 116 valence electrons. The van der Waals surface area contributed by atoms with Crippen LogP contribution in [-0.2, 0) is 0 Å². The molecule has 1 heterocycles. The second-order valence-corrected chi connectivity index (χ2v) is 7.40. The van der Waals surface area contributed by atoms with Crippen LogP contribution >= 0.6 is 15.9 Å². The topological polar surface area (TPSA) is 34.1 Å². The Labute approximate surface area is 136 Å². The summed E-state index contributed by atoms with van der Waals surface area (Å²) in [5.41, 5.74) is 0.357. The fourth-order valence-electron chi connectivity index (χ4n) is 4.02. The van der Waals surface area contributed by atoms with E-state index in [1.807, 2.05) is 12.3 Å². The van der Waals surface area contributed by atoms with E-state index in [0.717, 1.165) is 23.2 Å². The number of pyridine rings is 1. The van der Waals surface area contributed by atoms with Crippen LogP contribution in [0.4, 0.5) is 0 Å². The van der Waals surface area contributed by atoms with Crippen molar-refractivity contribution >= 4 is 15.9 Å². The van der Waals surface area contributed by atoms with E-state index >= 15 is 0 Å². The summed E-state index contributed by atoms with van der Waals surface area (Å²) in [6, 6.07) is 2.67. The Morgan fingerprint density at radius 3 is 2.86 bits per heavy atom. The fraction of sp³-hybridized carbons (Fsp3) is 0.706. The zero-order valence-corrected chi connectivity index (χ0v) is 14.4. The Morgan fingerprint density at radius 2 is 2.14 bits per heavy atom. The largest absolute Gasteiger partial charge is 0.488 e. The van der Waals surface area contributed by atoms with Gasteiger partial charge in [0.25, 0.3) is 0 Å². The summed E-state index contributed by atoms with van der Waals surface area (Å²) in [5, 5.41) is 3.75. The second-order valence-electron chi connectivity index (χ2n) is 6.48. The van der Waals surface area contributed by atoms with Gasteiger partial charge in [0.2, 0.25) is 0 Å². The number of aromatic nitrogens is 1. The summed E-state index contributed by atoms with van der Waals surface area (Å²) in [6.45, 7) is 3.36. The molecular formula is C17H25BrN2O. The van der Waals surface area contributed by atoms with Crippen molar-refractivity contribution in [1.29, 1.82) is 0 Å². The minimum Gasteiger partial charge on any atom is -0.488 e. The van der Waals surface area contributed by atoms with Crippen molar-refractivity contribution in [2.45, 2.75) is 64.0 Å². The lowest BCUT2D eigenvalue weighted by Crippen LogP contribution is -2.65. The molecule has 2 aliphatic rings. The van der Waals surface area contributed by atoms with E-state index < -0.39 is 0 Å². The molecule has 0 saturated heterocycles. The first-order valence-electron chi connectivity index (χ1n) is 8.25. The first-order valence-corrected chi connectivity index (χ1v) is 9.04. The van der Waals surface area contributed by atoms with Gasteiger partial charge >= 0.3 is 0 Å². The first kappa shape index (κ1) is 15.3. The zero-order valence-electron chi connectivity index (χ0n) is 12.8. The molecule has 0 aliphatic heterocycles. The lowest BCUT2D eigenvalue weighted by Gasteiger charge is -2.57. The average molecular weight is 353 g/mol. The lowest BCUT2D eigenvalue weighted by molar-refractivity contribution is -0.103. The fourth-order valence-corrected chi connectivity index (χ4v) is 4.36. The third kappa shape index (κ3) is 3.11. The summed E-state index contributed by atoms with van der Waals surface area (Å²) in [5.74, 6) is 0.897. The molecule has 2 aliphatic carbocycles. The molecule has 3 rings (SSSR count). The van der Waals surface area contributed by atoms with Crippen molar-refractivity contribution in [1.82, 2.24) is 10.3 Å². The SMILES string of the molecule is CCCNC1CC(Oc2cncc(Br)c2)C12CCCCC2. The Balaban J connectivity index is 1.70. The molecule has 2 saturated carbocycles. The number of halogens is 1. The van der Waals surface area contributed by atoms with Crippen LogP contribution < -0.4 is 10.1 Å². The molecule has 1 N–H and O–H groups in total. The van der Waals surface area contributed by atoms with Gasteiger partial charge in [-0.1, -0.05) is 26.2 Å². The summed E-state index contributed by atoms with van der Waals surface area (Å²) in [6.07, 6.45) is 13.0. The van der Waals surface area contributed by atoms with E-state index in [2.05, 4.69) is 33.2 Å². The molecule has 4 heteroatoms. The highest BCUT2D eigenvalue weighted by atomic mass is 79.9. The van der Waals surface area contributed by atoms with Gasteiger partial charge < -0.3 is 10.1 Å². The molecule has 1 spiro atoms. The van der Waals surface area contributed by atoms with Gasteiger partial charge in [-0.2, -0.15) is 0 Å². The number of hydrogen-bond acceptors (Lipinski definition) is 3. The van der Waals surface area contributed by atoms with Crippen LogP contribution in [0.1, 0.15) is 51.9 Å². The maximum atomic E-state index is 6.30. The van der Waals surface area contributed by atoms with Crippen molar-refractivity contribution in [2.75, 3.05) is 6.54 Å². The van der Waals surface area contributed by atoms with Crippen molar-refractivity contribution in [2.24, 2.45) is 5.41 Å². The van der Waals surface area contributed by atoms with Crippen LogP contribution in [0.2, 0.25) is 0 Å². The van der Waals surface area contributed by atoms with Gasteiger partial charge in [0.15, 0.2) is 0 Å². The number of ether oxygens (including phenoxy) is 1. The average Bonchev–Trinajstić information content (AvgIpc) is 2.51. The number of rotatable bonds is 5. The molecule has 0 bridgehead atoms. The molecular weight excluding hydrogens is 328 g/mol. The van der Waals surface area contributed by atoms with Crippen LogP contribution in [0.5, 0.6) is 5.75 Å². The third-order valence-corrected chi connectivity index (χ3v) is 5.60. The van der Waals surface area contributed by atoms with Crippen LogP contribution in [0, 0.1) is 5.41 Å². The van der Waals surface area contributed by atoms with Crippen molar-refractivity contribution < 1.29 is 4.74 Å². The molecule has 2 fully saturated rings. The van der Waals surface area contributed by atoms with Gasteiger partial charge in [0.05, 0.1) is 6.20 Å². The number of hydrogen-bond donors (Lipinski definition) is 1. The molecule has 1 aromatic heterocycles. The molecule has 0 aromatic carbocycles. The van der Waals surface area contributed by atoms with E-state index in [-0.39, 0.29) is 0 Å². The summed E-state index contributed by atoms with van der Waals surface area (Å²) in [7, 11) is 0. The van der Waals surface area contributed by atoms with Crippen molar-refractivity contribution in [3.05, 3.63) is 22.9 Å². The second kappa shape index (κ2) is 6.66. The standard InChI is InChI=1S/C17H25BrN2O/c1-2-8-20-15-10-16(17(15)6-4-3-5-7-17)21-14-9-13(18)11-19-12-14/h9,11-12,15-16,20H,2-8,10H2,1H3. The van der Waals surface area contributed by atoms with Crippen LogP contribution in [0.3, 0.4) is 0 Å². The van der Waals surface area contributed by atoms with Gasteiger partial charge in [-0.05, 0) is 47.8 Å². The first-order chi connectivity index (χ1) is 10.2. The number of nitrogens with zero attached hydrogens (tertiary/aromatic N) is 1. The van der Waals surface area contributed by atoms with Gasteiger partial charge in [-0.15, -0.1) is 0 Å². The van der Waals surface area contributed by atoms with E-state index in [4.69, 9.17) is 4.74 Å². The Morgan fingerprint density at radius 1 is 1.33 bits per heavy atom. The molecule has 2 atom stereocenters. The normalized spacial score (nSPS) is 27.3. The van der Waals surface area contributed by atoms with Crippen LogP contribution in [0.25, 0.3) is 0 Å². The van der Waals surface area contributed by atoms with E-state index in [1.54, 1.807) is 6.20 Å². The van der Waals surface area contributed by atoms with E-state index in [0.29, 0.717) is 17.6 Å². The summed E-state index contributed by atoms with van der Waals surface area (Å²) < 4.78 is 7.29. The van der Waals surface area contributed by atoms with Crippen molar-refractivity contribution in [3.8, 4) is 5.75 Å². The predicted octanol–water partition coefficient (Wildman–Crippen LogP) is 4.31. The predicted molar refractivity (Wildman–Crippen MR) is 88.6 cm³/mol. The van der Waals surface area contributed by atoms with Crippen LogP contribution in [-0.4, -0.2) is 23.7 Å². The molecule has 0 amide bonds. The molecule has 3 nitrogen and oxygen atoms in total. The summed E-state index contributed by atoms with van der Waals surface area (Å²) in [4.78, 5) is 4.21. The molecule has 21 heavy (non-hydrogen) atoms. The van der Waals surface area contributed by atoms with Crippen molar-refractivity contribution in [3.63, 3.8) is 0 Å². The van der Waals surface area contributed by atoms with Crippen LogP contribution in [0.15, 0.2) is 22.9 Å². The quantitative estimate of drug-likeness (QED) is 0.856. The zero-order chi connectivity index (χ0) is 14.7. The lowest BCUT2D eigenvalue weighted by atomic mass is 9.55. The Kier molecular flexibility index (Phi) is 4.85. The minimum absolute atomic E-state index is 0.350. The molecule has 2 unspecified atom stereocenters. The van der Waals surface area contributed by atoms with Gasteiger partial charge in [0.1, 0.15) is 11.9 Å². The monoisotopic (exact) mass is 352 g/mol. The minimum atomic E-state index is 0.350. The molecule has 1 aromatic rings. The Bertz CT molecular complexity index is 474. The van der Waals surface area contributed by atoms with E-state index in [1.165, 1.54) is 38.5 Å².